The maximum absolute atomic E-state index is 12.3. The Morgan fingerprint density at radius 2 is 1.96 bits per heavy atom. The van der Waals surface area contributed by atoms with Gasteiger partial charge in [-0.2, -0.15) is 0 Å². The summed E-state index contributed by atoms with van der Waals surface area (Å²) in [5.74, 6) is 0.193. The van der Waals surface area contributed by atoms with Crippen molar-refractivity contribution in [3.63, 3.8) is 0 Å². The predicted molar refractivity (Wildman–Crippen MR) is 107 cm³/mol. The molecule has 1 aromatic rings. The molecule has 1 aliphatic carbocycles. The van der Waals surface area contributed by atoms with Crippen LogP contribution in [0.4, 0.5) is 4.79 Å². The van der Waals surface area contributed by atoms with E-state index in [-0.39, 0.29) is 30.6 Å². The summed E-state index contributed by atoms with van der Waals surface area (Å²) < 4.78 is 6.87. The van der Waals surface area contributed by atoms with Gasteiger partial charge >= 0.3 is 6.03 Å². The van der Waals surface area contributed by atoms with Crippen LogP contribution in [0.3, 0.4) is 0 Å². The average Bonchev–Trinajstić information content (AvgIpc) is 2.64. The summed E-state index contributed by atoms with van der Waals surface area (Å²) in [6.45, 7) is 4.24. The van der Waals surface area contributed by atoms with Crippen molar-refractivity contribution in [3.05, 3.63) is 34.3 Å². The van der Waals surface area contributed by atoms with Crippen LogP contribution in [-0.4, -0.2) is 49.1 Å². The lowest BCUT2D eigenvalue weighted by atomic mass is 9.86. The number of halogens is 1. The van der Waals surface area contributed by atoms with Crippen LogP contribution in [0.2, 0.25) is 0 Å². The molecule has 3 amide bonds. The van der Waals surface area contributed by atoms with Crippen LogP contribution in [-0.2, 0) is 9.53 Å². The highest BCUT2D eigenvalue weighted by atomic mass is 79.9. The third-order valence-electron chi connectivity index (χ3n) is 5.44. The Bertz CT molecular complexity index is 652. The zero-order valence-electron chi connectivity index (χ0n) is 15.7. The molecule has 0 bridgehead atoms. The molecule has 7 heteroatoms. The molecule has 3 rings (SSSR count). The van der Waals surface area contributed by atoms with Crippen molar-refractivity contribution >= 4 is 27.9 Å². The number of amides is 3. The number of carbonyl (C=O) groups is 2. The van der Waals surface area contributed by atoms with Gasteiger partial charge in [-0.3, -0.25) is 15.0 Å². The number of nitrogens with zero attached hydrogens (tertiary/aromatic N) is 1. The van der Waals surface area contributed by atoms with Crippen LogP contribution in [0.5, 0.6) is 0 Å². The first-order chi connectivity index (χ1) is 13.0. The van der Waals surface area contributed by atoms with Gasteiger partial charge in [0.1, 0.15) is 0 Å². The Morgan fingerprint density at radius 3 is 2.70 bits per heavy atom. The number of carbonyl (C=O) groups excluding carboxylic acids is 2. The summed E-state index contributed by atoms with van der Waals surface area (Å²) in [7, 11) is 0. The molecular formula is C20H28BrN3O3. The summed E-state index contributed by atoms with van der Waals surface area (Å²) in [6, 6.07) is 7.81. The molecule has 2 fully saturated rings. The minimum atomic E-state index is -0.378. The third-order valence-corrected chi connectivity index (χ3v) is 5.97. The molecule has 3 atom stereocenters. The van der Waals surface area contributed by atoms with E-state index in [0.29, 0.717) is 25.6 Å². The Balaban J connectivity index is 1.45. The molecule has 2 N–H and O–H groups in total. The Hall–Kier alpha value is -1.44. The van der Waals surface area contributed by atoms with Gasteiger partial charge in [-0.1, -0.05) is 47.8 Å². The lowest BCUT2D eigenvalue weighted by Gasteiger charge is -2.33. The van der Waals surface area contributed by atoms with Gasteiger partial charge in [0.2, 0.25) is 5.91 Å². The summed E-state index contributed by atoms with van der Waals surface area (Å²) in [5.41, 5.74) is 1.09. The first kappa shape index (κ1) is 20.3. The van der Waals surface area contributed by atoms with E-state index in [4.69, 9.17) is 4.74 Å². The number of nitrogens with one attached hydrogen (secondary N) is 2. The van der Waals surface area contributed by atoms with Crippen molar-refractivity contribution in [3.8, 4) is 0 Å². The van der Waals surface area contributed by atoms with Crippen LogP contribution < -0.4 is 10.6 Å². The molecule has 148 valence electrons. The largest absolute Gasteiger partial charge is 0.371 e. The van der Waals surface area contributed by atoms with Crippen LogP contribution >= 0.6 is 15.9 Å². The molecule has 1 heterocycles. The molecular weight excluding hydrogens is 410 g/mol. The smallest absolute Gasteiger partial charge is 0.321 e. The summed E-state index contributed by atoms with van der Waals surface area (Å²) >= 11 is 3.43. The monoisotopic (exact) mass is 437 g/mol. The second-order valence-electron chi connectivity index (χ2n) is 7.54. The van der Waals surface area contributed by atoms with Crippen molar-refractivity contribution in [1.29, 1.82) is 0 Å². The quantitative estimate of drug-likeness (QED) is 0.758. The SMILES string of the molecule is CC1CCCCC1NC(=O)NC(=O)CN1CCOC(c2ccc(Br)cc2)C1. The highest BCUT2D eigenvalue weighted by molar-refractivity contribution is 9.10. The van der Waals surface area contributed by atoms with Crippen molar-refractivity contribution in [2.24, 2.45) is 5.92 Å². The summed E-state index contributed by atoms with van der Waals surface area (Å²) in [4.78, 5) is 26.4. The van der Waals surface area contributed by atoms with Crippen LogP contribution in [0.15, 0.2) is 28.7 Å². The van der Waals surface area contributed by atoms with Gasteiger partial charge in [0.15, 0.2) is 0 Å². The minimum absolute atomic E-state index is 0.0587. The molecule has 3 unspecified atom stereocenters. The number of morpholine rings is 1. The molecule has 0 spiro atoms. The van der Waals surface area contributed by atoms with Crippen LogP contribution in [0.25, 0.3) is 0 Å². The van der Waals surface area contributed by atoms with E-state index in [9.17, 15) is 9.59 Å². The third kappa shape index (κ3) is 6.02. The first-order valence-corrected chi connectivity index (χ1v) is 10.5. The van der Waals surface area contributed by atoms with Gasteiger partial charge in [0, 0.05) is 23.6 Å². The van der Waals surface area contributed by atoms with Gasteiger partial charge in [-0.15, -0.1) is 0 Å². The van der Waals surface area contributed by atoms with Gasteiger partial charge in [0.05, 0.1) is 19.3 Å². The zero-order valence-corrected chi connectivity index (χ0v) is 17.3. The van der Waals surface area contributed by atoms with Crippen molar-refractivity contribution in [1.82, 2.24) is 15.5 Å². The lowest BCUT2D eigenvalue weighted by molar-refractivity contribution is -0.123. The number of hydrogen-bond acceptors (Lipinski definition) is 4. The van der Waals surface area contributed by atoms with Crippen molar-refractivity contribution in [2.45, 2.75) is 44.8 Å². The second kappa shape index (κ2) is 9.66. The molecule has 0 radical (unpaired) electrons. The van der Waals surface area contributed by atoms with E-state index >= 15 is 0 Å². The van der Waals surface area contributed by atoms with Gasteiger partial charge in [0.25, 0.3) is 0 Å². The molecule has 6 nitrogen and oxygen atoms in total. The maximum atomic E-state index is 12.3. The maximum Gasteiger partial charge on any atom is 0.321 e. The lowest BCUT2D eigenvalue weighted by Crippen LogP contribution is -2.51. The van der Waals surface area contributed by atoms with Gasteiger partial charge in [-0.05, 0) is 36.5 Å². The first-order valence-electron chi connectivity index (χ1n) is 9.71. The van der Waals surface area contributed by atoms with Crippen molar-refractivity contribution in [2.75, 3.05) is 26.2 Å². The number of urea groups is 1. The van der Waals surface area contributed by atoms with Crippen molar-refractivity contribution < 1.29 is 14.3 Å². The van der Waals surface area contributed by atoms with E-state index in [2.05, 4.69) is 33.5 Å². The summed E-state index contributed by atoms with van der Waals surface area (Å²) in [5, 5.41) is 5.44. The fourth-order valence-corrected chi connectivity index (χ4v) is 4.09. The van der Waals surface area contributed by atoms with E-state index in [1.54, 1.807) is 0 Å². The Labute approximate surface area is 169 Å². The van der Waals surface area contributed by atoms with E-state index in [0.717, 1.165) is 29.3 Å². The molecule has 1 saturated heterocycles. The van der Waals surface area contributed by atoms with Crippen LogP contribution in [0, 0.1) is 5.92 Å². The number of ether oxygens (including phenoxy) is 1. The zero-order chi connectivity index (χ0) is 19.2. The predicted octanol–water partition coefficient (Wildman–Crippen LogP) is 3.23. The summed E-state index contributed by atoms with van der Waals surface area (Å²) in [6.07, 6.45) is 4.41. The average molecular weight is 438 g/mol. The Morgan fingerprint density at radius 1 is 1.22 bits per heavy atom. The topological polar surface area (TPSA) is 70.7 Å². The van der Waals surface area contributed by atoms with E-state index in [1.165, 1.54) is 6.42 Å². The van der Waals surface area contributed by atoms with E-state index in [1.807, 2.05) is 29.2 Å². The fourth-order valence-electron chi connectivity index (χ4n) is 3.83. The number of hydrogen-bond donors (Lipinski definition) is 2. The van der Waals surface area contributed by atoms with Gasteiger partial charge in [-0.25, -0.2) is 4.79 Å². The Kier molecular flexibility index (Phi) is 7.26. The standard InChI is InChI=1S/C20H28BrN3O3/c1-14-4-2-3-5-17(14)22-20(26)23-19(25)13-24-10-11-27-18(12-24)15-6-8-16(21)9-7-15/h6-9,14,17-18H,2-5,10-13H2,1H3,(H2,22,23,25,26). The molecule has 1 aromatic carbocycles. The molecule has 1 saturated carbocycles. The van der Waals surface area contributed by atoms with E-state index < -0.39 is 0 Å². The van der Waals surface area contributed by atoms with Crippen LogP contribution in [0.1, 0.15) is 44.3 Å². The highest BCUT2D eigenvalue weighted by Crippen LogP contribution is 2.24. The molecule has 27 heavy (non-hydrogen) atoms. The van der Waals surface area contributed by atoms with Gasteiger partial charge < -0.3 is 10.1 Å². The highest BCUT2D eigenvalue weighted by Gasteiger charge is 2.26. The molecule has 1 aliphatic heterocycles. The fraction of sp³-hybridized carbons (Fsp3) is 0.600. The number of rotatable bonds is 4. The normalized spacial score (nSPS) is 26.4. The minimum Gasteiger partial charge on any atom is -0.371 e. The molecule has 2 aliphatic rings. The number of imide groups is 1. The molecule has 0 aromatic heterocycles. The number of benzene rings is 1. The second-order valence-corrected chi connectivity index (χ2v) is 8.45.